The molecule has 2 heterocycles. The monoisotopic (exact) mass is 234 g/mol. The first-order chi connectivity index (χ1) is 8.29. The maximum Gasteiger partial charge on any atom is 0.287 e. The van der Waals surface area contributed by atoms with Crippen LogP contribution in [0.1, 0.15) is 29.1 Å². The quantitative estimate of drug-likeness (QED) is 0.806. The Bertz CT molecular complexity index is 475. The molecule has 2 N–H and O–H groups in total. The number of nitrogens with zero attached hydrogens (tertiary/aromatic N) is 2. The van der Waals surface area contributed by atoms with Crippen molar-refractivity contribution >= 4 is 5.91 Å². The minimum absolute atomic E-state index is 0.204. The van der Waals surface area contributed by atoms with Gasteiger partial charge in [0.05, 0.1) is 0 Å². The van der Waals surface area contributed by atoms with Crippen molar-refractivity contribution in [3.63, 3.8) is 0 Å². The van der Waals surface area contributed by atoms with Crippen molar-refractivity contribution in [2.45, 2.75) is 19.8 Å². The van der Waals surface area contributed by atoms with E-state index in [1.807, 2.05) is 13.0 Å². The van der Waals surface area contributed by atoms with Crippen LogP contribution in [0.15, 0.2) is 22.9 Å². The van der Waals surface area contributed by atoms with E-state index in [-0.39, 0.29) is 5.91 Å². The molecule has 2 aromatic rings. The molecule has 0 atom stereocenters. The summed E-state index contributed by atoms with van der Waals surface area (Å²) in [6.45, 7) is 2.47. The summed E-state index contributed by atoms with van der Waals surface area (Å²) in [4.78, 5) is 15.6. The number of aromatic nitrogens is 3. The molecular weight excluding hydrogens is 220 g/mol. The smallest absolute Gasteiger partial charge is 0.287 e. The van der Waals surface area contributed by atoms with Gasteiger partial charge >= 0.3 is 0 Å². The molecule has 0 saturated heterocycles. The van der Waals surface area contributed by atoms with Crippen molar-refractivity contribution in [2.75, 3.05) is 6.54 Å². The lowest BCUT2D eigenvalue weighted by atomic mass is 10.3. The Morgan fingerprint density at radius 2 is 2.41 bits per heavy atom. The summed E-state index contributed by atoms with van der Waals surface area (Å²) in [5, 5.41) is 9.21. The van der Waals surface area contributed by atoms with Crippen LogP contribution in [0.3, 0.4) is 0 Å². The van der Waals surface area contributed by atoms with Gasteiger partial charge in [-0.3, -0.25) is 9.89 Å². The van der Waals surface area contributed by atoms with Gasteiger partial charge in [-0.05, 0) is 12.1 Å². The second kappa shape index (κ2) is 5.29. The number of hydrogen-bond acceptors (Lipinski definition) is 4. The number of rotatable bonds is 5. The van der Waals surface area contributed by atoms with Crippen molar-refractivity contribution in [3.05, 3.63) is 35.8 Å². The van der Waals surface area contributed by atoms with Gasteiger partial charge in [-0.2, -0.15) is 5.10 Å². The van der Waals surface area contributed by atoms with E-state index in [4.69, 9.17) is 4.42 Å². The van der Waals surface area contributed by atoms with Gasteiger partial charge < -0.3 is 9.73 Å². The topological polar surface area (TPSA) is 83.8 Å². The van der Waals surface area contributed by atoms with Crippen molar-refractivity contribution in [1.82, 2.24) is 20.5 Å². The largest absolute Gasteiger partial charge is 0.456 e. The molecule has 0 radical (unpaired) electrons. The number of aryl methyl sites for hydroxylation is 1. The third kappa shape index (κ3) is 2.93. The predicted molar refractivity (Wildman–Crippen MR) is 60.5 cm³/mol. The van der Waals surface area contributed by atoms with Gasteiger partial charge in [0.25, 0.3) is 5.91 Å². The van der Waals surface area contributed by atoms with Crippen molar-refractivity contribution < 1.29 is 9.21 Å². The van der Waals surface area contributed by atoms with Crippen LogP contribution in [0, 0.1) is 0 Å². The maximum absolute atomic E-state index is 11.7. The predicted octanol–water partition coefficient (Wildman–Crippen LogP) is 0.933. The molecule has 0 aliphatic rings. The van der Waals surface area contributed by atoms with Gasteiger partial charge in [-0.25, -0.2) is 4.98 Å². The Balaban J connectivity index is 1.81. The Kier molecular flexibility index (Phi) is 3.54. The Morgan fingerprint density at radius 1 is 1.53 bits per heavy atom. The minimum atomic E-state index is -0.204. The van der Waals surface area contributed by atoms with Crippen LogP contribution >= 0.6 is 0 Å². The second-order valence-corrected chi connectivity index (χ2v) is 3.56. The van der Waals surface area contributed by atoms with E-state index < -0.39 is 0 Å². The van der Waals surface area contributed by atoms with Crippen LogP contribution in [0.4, 0.5) is 0 Å². The summed E-state index contributed by atoms with van der Waals surface area (Å²) < 4.78 is 5.33. The third-order valence-corrected chi connectivity index (χ3v) is 2.35. The van der Waals surface area contributed by atoms with Gasteiger partial charge in [0, 0.05) is 19.4 Å². The van der Waals surface area contributed by atoms with Crippen molar-refractivity contribution in [3.8, 4) is 0 Å². The number of nitrogens with one attached hydrogen (secondary N) is 2. The standard InChI is InChI=1S/C11H14N4O2/c1-2-8-3-4-9(17-8)11(16)12-6-5-10-13-7-14-15-10/h3-4,7H,2,5-6H2,1H3,(H,12,16)(H,13,14,15). The summed E-state index contributed by atoms with van der Waals surface area (Å²) in [6, 6.07) is 3.49. The average Bonchev–Trinajstić information content (AvgIpc) is 2.99. The van der Waals surface area contributed by atoms with Crippen LogP contribution in [-0.4, -0.2) is 27.6 Å². The van der Waals surface area contributed by atoms with Crippen LogP contribution < -0.4 is 5.32 Å². The molecule has 6 heteroatoms. The molecule has 2 aromatic heterocycles. The molecule has 1 amide bonds. The highest BCUT2D eigenvalue weighted by Crippen LogP contribution is 2.07. The summed E-state index contributed by atoms with van der Waals surface area (Å²) in [7, 11) is 0. The molecule has 0 bridgehead atoms. The lowest BCUT2D eigenvalue weighted by molar-refractivity contribution is 0.0924. The van der Waals surface area contributed by atoms with Crippen LogP contribution in [-0.2, 0) is 12.8 Å². The molecule has 2 rings (SSSR count). The third-order valence-electron chi connectivity index (χ3n) is 2.35. The Morgan fingerprint density at radius 3 is 3.06 bits per heavy atom. The highest BCUT2D eigenvalue weighted by molar-refractivity contribution is 5.91. The first-order valence-electron chi connectivity index (χ1n) is 5.50. The Labute approximate surface area is 98.4 Å². The summed E-state index contributed by atoms with van der Waals surface area (Å²) in [6.07, 6.45) is 2.84. The van der Waals surface area contributed by atoms with E-state index in [9.17, 15) is 4.79 Å². The zero-order valence-electron chi connectivity index (χ0n) is 9.56. The highest BCUT2D eigenvalue weighted by Gasteiger charge is 2.09. The molecule has 0 aromatic carbocycles. The molecule has 6 nitrogen and oxygen atoms in total. The van der Waals surface area contributed by atoms with Gasteiger partial charge in [0.1, 0.15) is 17.9 Å². The lowest BCUT2D eigenvalue weighted by Crippen LogP contribution is -2.25. The van der Waals surface area contributed by atoms with Crippen molar-refractivity contribution in [1.29, 1.82) is 0 Å². The van der Waals surface area contributed by atoms with Crippen LogP contribution in [0.5, 0.6) is 0 Å². The molecule has 0 aliphatic heterocycles. The summed E-state index contributed by atoms with van der Waals surface area (Å²) >= 11 is 0. The number of carbonyl (C=O) groups excluding carboxylic acids is 1. The number of carbonyl (C=O) groups is 1. The number of furan rings is 1. The zero-order chi connectivity index (χ0) is 12.1. The Hall–Kier alpha value is -2.11. The molecular formula is C11H14N4O2. The first kappa shape index (κ1) is 11.4. The van der Waals surface area contributed by atoms with E-state index in [2.05, 4.69) is 20.5 Å². The van der Waals surface area contributed by atoms with Gasteiger partial charge in [-0.1, -0.05) is 6.92 Å². The van der Waals surface area contributed by atoms with E-state index in [1.165, 1.54) is 6.33 Å². The highest BCUT2D eigenvalue weighted by atomic mass is 16.3. The second-order valence-electron chi connectivity index (χ2n) is 3.56. The summed E-state index contributed by atoms with van der Waals surface area (Å²) in [5.41, 5.74) is 0. The number of hydrogen-bond donors (Lipinski definition) is 2. The molecule has 17 heavy (non-hydrogen) atoms. The van der Waals surface area contributed by atoms with E-state index in [0.717, 1.165) is 18.0 Å². The van der Waals surface area contributed by atoms with Gasteiger partial charge in [-0.15, -0.1) is 0 Å². The fourth-order valence-corrected chi connectivity index (χ4v) is 1.42. The molecule has 90 valence electrons. The SMILES string of the molecule is CCc1ccc(C(=O)NCCc2ncn[nH]2)o1. The zero-order valence-corrected chi connectivity index (χ0v) is 9.56. The van der Waals surface area contributed by atoms with E-state index in [1.54, 1.807) is 6.07 Å². The number of amides is 1. The molecule has 0 aliphatic carbocycles. The fraction of sp³-hybridized carbons (Fsp3) is 0.364. The minimum Gasteiger partial charge on any atom is -0.456 e. The summed E-state index contributed by atoms with van der Waals surface area (Å²) in [5.74, 6) is 1.70. The normalized spacial score (nSPS) is 10.4. The molecule has 0 spiro atoms. The van der Waals surface area contributed by atoms with E-state index in [0.29, 0.717) is 18.7 Å². The van der Waals surface area contributed by atoms with Gasteiger partial charge in [0.2, 0.25) is 0 Å². The first-order valence-corrected chi connectivity index (χ1v) is 5.50. The molecule has 0 saturated carbocycles. The van der Waals surface area contributed by atoms with Crippen LogP contribution in [0.25, 0.3) is 0 Å². The lowest BCUT2D eigenvalue weighted by Gasteiger charge is -2.00. The van der Waals surface area contributed by atoms with Crippen LogP contribution in [0.2, 0.25) is 0 Å². The molecule has 0 unspecified atom stereocenters. The average molecular weight is 234 g/mol. The maximum atomic E-state index is 11.7. The van der Waals surface area contributed by atoms with Gasteiger partial charge in [0.15, 0.2) is 5.76 Å². The van der Waals surface area contributed by atoms with Crippen molar-refractivity contribution in [2.24, 2.45) is 0 Å². The number of H-pyrrole nitrogens is 1. The van der Waals surface area contributed by atoms with E-state index >= 15 is 0 Å². The molecule has 0 fully saturated rings. The fourth-order valence-electron chi connectivity index (χ4n) is 1.42. The number of aromatic amines is 1.